The number of hydrogen-bond donors (Lipinski definition) is 1. The highest BCUT2D eigenvalue weighted by Gasteiger charge is 2.47. The summed E-state index contributed by atoms with van der Waals surface area (Å²) in [5, 5.41) is 4.03. The molecule has 0 bridgehead atoms. The van der Waals surface area contributed by atoms with E-state index in [1.54, 1.807) is 12.0 Å². The summed E-state index contributed by atoms with van der Waals surface area (Å²) in [4.78, 5) is 29.1. The molecule has 1 aromatic heterocycles. The lowest BCUT2D eigenvalue weighted by molar-refractivity contribution is -0.133. The van der Waals surface area contributed by atoms with Crippen LogP contribution in [0.25, 0.3) is 10.9 Å². The van der Waals surface area contributed by atoms with Crippen LogP contribution in [0.15, 0.2) is 54.6 Å². The second kappa shape index (κ2) is 9.89. The number of fused-ring (bicyclic) bond motifs is 3. The smallest absolute Gasteiger partial charge is 0.271 e. The number of nitrogens with zero attached hydrogens (tertiary/aromatic N) is 2. The van der Waals surface area contributed by atoms with Gasteiger partial charge in [0, 0.05) is 29.6 Å². The lowest BCUT2D eigenvalue weighted by atomic mass is 9.93. The van der Waals surface area contributed by atoms with Gasteiger partial charge in [-0.3, -0.25) is 9.59 Å². The van der Waals surface area contributed by atoms with E-state index in [9.17, 15) is 9.59 Å². The molecule has 1 atom stereocenters. The fourth-order valence-corrected chi connectivity index (χ4v) is 4.54. The van der Waals surface area contributed by atoms with Crippen LogP contribution in [0.2, 0.25) is 0 Å². The van der Waals surface area contributed by atoms with Crippen LogP contribution in [-0.4, -0.2) is 53.2 Å². The molecular formula is C27H33N3O4. The molecule has 0 aliphatic carbocycles. The Bertz CT molecular complexity index is 1190. The number of carbonyl (C=O) groups is 2. The van der Waals surface area contributed by atoms with Crippen LogP contribution in [0.3, 0.4) is 0 Å². The maximum Gasteiger partial charge on any atom is 0.271 e. The minimum Gasteiger partial charge on any atom is -0.496 e. The number of ether oxygens (including phenoxy) is 2. The minimum atomic E-state index is -1.08. The zero-order chi connectivity index (χ0) is 24.3. The molecule has 4 rings (SSSR count). The monoisotopic (exact) mass is 463 g/mol. The zero-order valence-electron chi connectivity index (χ0n) is 20.3. The van der Waals surface area contributed by atoms with E-state index >= 15 is 0 Å². The predicted molar refractivity (Wildman–Crippen MR) is 132 cm³/mol. The first-order valence-corrected chi connectivity index (χ1v) is 11.8. The van der Waals surface area contributed by atoms with Gasteiger partial charge in [0.15, 0.2) is 0 Å². The van der Waals surface area contributed by atoms with Gasteiger partial charge in [-0.05, 0) is 45.4 Å². The van der Waals surface area contributed by atoms with Crippen LogP contribution >= 0.6 is 0 Å². The lowest BCUT2D eigenvalue weighted by Gasteiger charge is -2.44. The maximum atomic E-state index is 13.8. The van der Waals surface area contributed by atoms with Gasteiger partial charge in [-0.25, -0.2) is 0 Å². The molecule has 2 heterocycles. The highest BCUT2D eigenvalue weighted by molar-refractivity contribution is 6.03. The van der Waals surface area contributed by atoms with Crippen LogP contribution in [0.5, 0.6) is 5.75 Å². The zero-order valence-corrected chi connectivity index (χ0v) is 20.3. The van der Waals surface area contributed by atoms with E-state index < -0.39 is 5.54 Å². The average molecular weight is 464 g/mol. The van der Waals surface area contributed by atoms with Crippen LogP contribution < -0.4 is 10.1 Å². The Kier molecular flexibility index (Phi) is 6.93. The van der Waals surface area contributed by atoms with Crippen molar-refractivity contribution in [2.24, 2.45) is 0 Å². The molecular weight excluding hydrogens is 430 g/mol. The molecule has 0 radical (unpaired) electrons. The second-order valence-electron chi connectivity index (χ2n) is 9.18. The van der Waals surface area contributed by atoms with E-state index in [4.69, 9.17) is 9.47 Å². The van der Waals surface area contributed by atoms with E-state index in [-0.39, 0.29) is 24.5 Å². The standard InChI is InChI=1S/C27H33N3O4/c1-19(2)34-15-9-14-28-26(32)27(3)18-29-22-12-7-5-10-20(22)16-23(29)25(31)30(27)17-21-11-6-8-13-24(21)33-4/h5-8,10-13,16,19H,9,14-15,17-18H2,1-4H3,(H,28,32)/t27-/m0/s1. The van der Waals surface area contributed by atoms with Crippen LogP contribution in [0.4, 0.5) is 0 Å². The molecule has 0 saturated heterocycles. The summed E-state index contributed by atoms with van der Waals surface area (Å²) < 4.78 is 13.1. The summed E-state index contributed by atoms with van der Waals surface area (Å²) in [6, 6.07) is 17.4. The van der Waals surface area contributed by atoms with Gasteiger partial charge in [-0.2, -0.15) is 0 Å². The largest absolute Gasteiger partial charge is 0.496 e. The summed E-state index contributed by atoms with van der Waals surface area (Å²) in [7, 11) is 1.61. The van der Waals surface area contributed by atoms with Crippen molar-refractivity contribution >= 4 is 22.7 Å². The molecule has 1 aliphatic rings. The van der Waals surface area contributed by atoms with Crippen LogP contribution in [0, 0.1) is 0 Å². The Labute approximate surface area is 200 Å². The summed E-state index contributed by atoms with van der Waals surface area (Å²) in [5.41, 5.74) is 1.32. The average Bonchev–Trinajstić information content (AvgIpc) is 3.20. The number of benzene rings is 2. The summed E-state index contributed by atoms with van der Waals surface area (Å²) in [6.45, 7) is 7.51. The van der Waals surface area contributed by atoms with E-state index in [1.807, 2.05) is 79.9 Å². The molecule has 0 saturated carbocycles. The summed E-state index contributed by atoms with van der Waals surface area (Å²) in [5.74, 6) is 0.341. The fourth-order valence-electron chi connectivity index (χ4n) is 4.54. The Balaban J connectivity index is 1.67. The molecule has 2 aromatic carbocycles. The third kappa shape index (κ3) is 4.53. The van der Waals surface area contributed by atoms with Gasteiger partial charge in [0.05, 0.1) is 26.3 Å². The van der Waals surface area contributed by atoms with Gasteiger partial charge in [-0.1, -0.05) is 36.4 Å². The van der Waals surface area contributed by atoms with Crippen LogP contribution in [0.1, 0.15) is 43.2 Å². The molecule has 0 fully saturated rings. The van der Waals surface area contributed by atoms with E-state index in [0.29, 0.717) is 37.6 Å². The molecule has 7 nitrogen and oxygen atoms in total. The SMILES string of the molecule is COc1ccccc1CN1C(=O)c2cc3ccccc3n2C[C@@]1(C)C(=O)NCCCOC(C)C. The molecule has 7 heteroatoms. The van der Waals surface area contributed by atoms with Gasteiger partial charge in [0.25, 0.3) is 5.91 Å². The van der Waals surface area contributed by atoms with Crippen molar-refractivity contribution in [3.8, 4) is 5.75 Å². The normalized spacial score (nSPS) is 17.8. The van der Waals surface area contributed by atoms with Crippen molar-refractivity contribution in [2.45, 2.75) is 51.9 Å². The van der Waals surface area contributed by atoms with Crippen molar-refractivity contribution in [2.75, 3.05) is 20.3 Å². The number of para-hydroxylation sites is 2. The summed E-state index contributed by atoms with van der Waals surface area (Å²) >= 11 is 0. The van der Waals surface area contributed by atoms with Crippen molar-refractivity contribution < 1.29 is 19.1 Å². The Morgan fingerprint density at radius 2 is 1.88 bits per heavy atom. The number of aromatic nitrogens is 1. The Morgan fingerprint density at radius 3 is 2.65 bits per heavy atom. The van der Waals surface area contributed by atoms with E-state index in [1.165, 1.54) is 0 Å². The molecule has 2 amide bonds. The van der Waals surface area contributed by atoms with Gasteiger partial charge < -0.3 is 24.3 Å². The highest BCUT2D eigenvalue weighted by atomic mass is 16.5. The van der Waals surface area contributed by atoms with Gasteiger partial charge in [0.1, 0.15) is 17.0 Å². The molecule has 0 spiro atoms. The molecule has 180 valence electrons. The minimum absolute atomic E-state index is 0.154. The van der Waals surface area contributed by atoms with Crippen molar-refractivity contribution in [1.29, 1.82) is 0 Å². The molecule has 34 heavy (non-hydrogen) atoms. The first-order valence-electron chi connectivity index (χ1n) is 11.8. The highest BCUT2D eigenvalue weighted by Crippen LogP contribution is 2.34. The third-order valence-corrected chi connectivity index (χ3v) is 6.40. The topological polar surface area (TPSA) is 72.8 Å². The third-order valence-electron chi connectivity index (χ3n) is 6.40. The van der Waals surface area contributed by atoms with E-state index in [0.717, 1.165) is 16.5 Å². The number of nitrogens with one attached hydrogen (secondary N) is 1. The summed E-state index contributed by atoms with van der Waals surface area (Å²) in [6.07, 6.45) is 0.860. The number of amides is 2. The Morgan fingerprint density at radius 1 is 1.15 bits per heavy atom. The fraction of sp³-hybridized carbons (Fsp3) is 0.407. The number of hydrogen-bond acceptors (Lipinski definition) is 4. The molecule has 1 N–H and O–H groups in total. The number of methoxy groups -OCH3 is 1. The van der Waals surface area contributed by atoms with Crippen molar-refractivity contribution in [3.63, 3.8) is 0 Å². The van der Waals surface area contributed by atoms with Crippen molar-refractivity contribution in [1.82, 2.24) is 14.8 Å². The molecule has 1 aliphatic heterocycles. The molecule has 0 unspecified atom stereocenters. The second-order valence-corrected chi connectivity index (χ2v) is 9.18. The lowest BCUT2D eigenvalue weighted by Crippen LogP contribution is -2.63. The van der Waals surface area contributed by atoms with Crippen molar-refractivity contribution in [3.05, 3.63) is 65.9 Å². The van der Waals surface area contributed by atoms with E-state index in [2.05, 4.69) is 5.32 Å². The Hall–Kier alpha value is -3.32. The number of carbonyl (C=O) groups excluding carboxylic acids is 2. The first kappa shape index (κ1) is 23.8. The van der Waals surface area contributed by atoms with Gasteiger partial charge >= 0.3 is 0 Å². The first-order chi connectivity index (χ1) is 16.3. The van der Waals surface area contributed by atoms with Gasteiger partial charge in [0.2, 0.25) is 5.91 Å². The maximum absolute atomic E-state index is 13.8. The number of rotatable bonds is 9. The molecule has 3 aromatic rings. The quantitative estimate of drug-likeness (QED) is 0.487. The predicted octanol–water partition coefficient (Wildman–Crippen LogP) is 4.00. The van der Waals surface area contributed by atoms with Gasteiger partial charge in [-0.15, -0.1) is 0 Å². The van der Waals surface area contributed by atoms with Crippen LogP contribution in [-0.2, 0) is 22.6 Å².